The Hall–Kier alpha value is -4.39. The molecular formula is C36H47NO6. The molecule has 232 valence electrons. The SMILES string of the molecule is CCCCCCCCCC=CC=CC=CC=CC=CC=CC(=O)N(OC(=O)C=Cc1ccc(O)c(OC)c1)C(=O)CCC. The standard InChI is InChI=1S/C36H47NO6/c1-4-6-7-8-9-10-11-12-13-14-15-16-17-18-19-20-21-22-23-25-35(40)37(34(39)24-5-2)43-36(41)29-27-31-26-28-32(38)33(30-31)42-3/h13-23,25-30,38H,4-12,24H2,1-3H3. The predicted molar refractivity (Wildman–Crippen MR) is 174 cm³/mol. The normalized spacial score (nSPS) is 12.3. The summed E-state index contributed by atoms with van der Waals surface area (Å²) in [5.41, 5.74) is 0.555. The zero-order valence-corrected chi connectivity index (χ0v) is 25.8. The van der Waals surface area contributed by atoms with E-state index in [0.717, 1.165) is 18.6 Å². The molecule has 2 amide bonds. The molecule has 0 aromatic heterocycles. The molecule has 0 aliphatic carbocycles. The highest BCUT2D eigenvalue weighted by molar-refractivity contribution is 6.01. The van der Waals surface area contributed by atoms with Crippen LogP contribution in [0.3, 0.4) is 0 Å². The number of phenolic OH excluding ortho intramolecular Hbond substituents is 1. The minimum Gasteiger partial charge on any atom is -0.504 e. The van der Waals surface area contributed by atoms with E-state index in [1.165, 1.54) is 76.3 Å². The fourth-order valence-corrected chi connectivity index (χ4v) is 3.73. The van der Waals surface area contributed by atoms with Crippen molar-refractivity contribution in [3.8, 4) is 11.5 Å². The zero-order valence-electron chi connectivity index (χ0n) is 25.8. The first-order valence-corrected chi connectivity index (χ1v) is 15.1. The van der Waals surface area contributed by atoms with Crippen molar-refractivity contribution in [3.63, 3.8) is 0 Å². The number of unbranched alkanes of at least 4 members (excludes halogenated alkanes) is 7. The average molecular weight is 590 g/mol. The molecule has 0 fully saturated rings. The first-order chi connectivity index (χ1) is 20.9. The van der Waals surface area contributed by atoms with Gasteiger partial charge in [0.05, 0.1) is 7.11 Å². The second-order valence-electron chi connectivity index (χ2n) is 9.69. The minimum atomic E-state index is -0.902. The largest absolute Gasteiger partial charge is 0.504 e. The van der Waals surface area contributed by atoms with Crippen molar-refractivity contribution in [2.45, 2.75) is 78.1 Å². The van der Waals surface area contributed by atoms with E-state index in [2.05, 4.69) is 19.1 Å². The van der Waals surface area contributed by atoms with E-state index in [1.807, 2.05) is 30.4 Å². The smallest absolute Gasteiger partial charge is 0.356 e. The number of phenols is 1. The molecule has 1 aromatic carbocycles. The van der Waals surface area contributed by atoms with Gasteiger partial charge < -0.3 is 14.7 Å². The lowest BCUT2D eigenvalue weighted by atomic mass is 10.1. The number of nitrogens with zero attached hydrogens (tertiary/aromatic N) is 1. The molecule has 0 spiro atoms. The van der Waals surface area contributed by atoms with E-state index in [-0.39, 0.29) is 17.9 Å². The summed E-state index contributed by atoms with van der Waals surface area (Å²) >= 11 is 0. The molecule has 43 heavy (non-hydrogen) atoms. The Morgan fingerprint density at radius 3 is 2.00 bits per heavy atom. The Kier molecular flexibility index (Phi) is 20.6. The fraction of sp³-hybridized carbons (Fsp3) is 0.361. The summed E-state index contributed by atoms with van der Waals surface area (Å²) < 4.78 is 5.04. The second kappa shape index (κ2) is 24.2. The van der Waals surface area contributed by atoms with Crippen LogP contribution >= 0.6 is 0 Å². The van der Waals surface area contributed by atoms with E-state index >= 15 is 0 Å². The van der Waals surface area contributed by atoms with E-state index < -0.39 is 17.8 Å². The molecule has 0 heterocycles. The lowest BCUT2D eigenvalue weighted by Crippen LogP contribution is -2.37. The Balaban J connectivity index is 2.49. The van der Waals surface area contributed by atoms with Crippen molar-refractivity contribution in [2.75, 3.05) is 7.11 Å². The number of imide groups is 1. The molecule has 7 nitrogen and oxygen atoms in total. The van der Waals surface area contributed by atoms with Crippen LogP contribution < -0.4 is 4.74 Å². The number of hydrogen-bond donors (Lipinski definition) is 1. The maximum absolute atomic E-state index is 12.6. The van der Waals surface area contributed by atoms with Gasteiger partial charge in [0.1, 0.15) is 0 Å². The van der Waals surface area contributed by atoms with Crippen LogP contribution in [0.25, 0.3) is 6.08 Å². The van der Waals surface area contributed by atoms with E-state index in [9.17, 15) is 19.5 Å². The number of aromatic hydroxyl groups is 1. The number of carbonyl (C=O) groups is 3. The number of methoxy groups -OCH3 is 1. The highest BCUT2D eigenvalue weighted by atomic mass is 16.7. The lowest BCUT2D eigenvalue weighted by Gasteiger charge is -2.16. The van der Waals surface area contributed by atoms with Gasteiger partial charge in [-0.2, -0.15) is 0 Å². The summed E-state index contributed by atoms with van der Waals surface area (Å²) in [6.45, 7) is 4.02. The average Bonchev–Trinajstić information content (AvgIpc) is 3.00. The van der Waals surface area contributed by atoms with Crippen LogP contribution in [0.4, 0.5) is 0 Å². The van der Waals surface area contributed by atoms with Crippen molar-refractivity contribution in [1.82, 2.24) is 5.06 Å². The van der Waals surface area contributed by atoms with Gasteiger partial charge in [0, 0.05) is 18.6 Å². The maximum atomic E-state index is 12.6. The van der Waals surface area contributed by atoms with Gasteiger partial charge in [0.25, 0.3) is 11.8 Å². The van der Waals surface area contributed by atoms with Gasteiger partial charge in [-0.05, 0) is 43.0 Å². The summed E-state index contributed by atoms with van der Waals surface area (Å²) in [6, 6.07) is 4.51. The van der Waals surface area contributed by atoms with Crippen LogP contribution in [-0.2, 0) is 19.2 Å². The summed E-state index contributed by atoms with van der Waals surface area (Å²) in [6.07, 6.45) is 35.1. The molecular weight excluding hydrogens is 542 g/mol. The maximum Gasteiger partial charge on any atom is 0.356 e. The number of rotatable bonds is 19. The lowest BCUT2D eigenvalue weighted by molar-refractivity contribution is -0.196. The molecule has 0 aliphatic rings. The number of benzene rings is 1. The third-order valence-electron chi connectivity index (χ3n) is 6.04. The van der Waals surface area contributed by atoms with Crippen molar-refractivity contribution >= 4 is 23.9 Å². The molecule has 1 rings (SSSR count). The Morgan fingerprint density at radius 1 is 0.767 bits per heavy atom. The first-order valence-electron chi connectivity index (χ1n) is 15.1. The van der Waals surface area contributed by atoms with Crippen LogP contribution in [0.1, 0.15) is 83.6 Å². The van der Waals surface area contributed by atoms with Crippen LogP contribution in [0.5, 0.6) is 11.5 Å². The molecule has 0 unspecified atom stereocenters. The summed E-state index contributed by atoms with van der Waals surface area (Å²) in [4.78, 5) is 42.3. The third-order valence-corrected chi connectivity index (χ3v) is 6.04. The number of hydrogen-bond acceptors (Lipinski definition) is 6. The quantitative estimate of drug-likeness (QED) is 0.0753. The summed E-state index contributed by atoms with van der Waals surface area (Å²) in [5, 5.41) is 10.1. The van der Waals surface area contributed by atoms with Gasteiger partial charge in [0.2, 0.25) is 0 Å². The third kappa shape index (κ3) is 17.9. The molecule has 0 atom stereocenters. The number of hydroxylamine groups is 2. The second-order valence-corrected chi connectivity index (χ2v) is 9.69. The van der Waals surface area contributed by atoms with Crippen molar-refractivity contribution < 1.29 is 29.1 Å². The van der Waals surface area contributed by atoms with E-state index in [1.54, 1.807) is 31.2 Å². The van der Waals surface area contributed by atoms with Crippen LogP contribution in [0.2, 0.25) is 0 Å². The first kappa shape index (κ1) is 36.6. The molecule has 7 heteroatoms. The molecule has 1 N–H and O–H groups in total. The fourth-order valence-electron chi connectivity index (χ4n) is 3.73. The van der Waals surface area contributed by atoms with Gasteiger partial charge in [-0.15, -0.1) is 0 Å². The van der Waals surface area contributed by atoms with Crippen molar-refractivity contribution in [2.24, 2.45) is 0 Å². The molecule has 0 saturated heterocycles. The van der Waals surface area contributed by atoms with Gasteiger partial charge in [-0.1, -0.05) is 130 Å². The highest BCUT2D eigenvalue weighted by Gasteiger charge is 2.22. The number of allylic oxidation sites excluding steroid dienone is 11. The van der Waals surface area contributed by atoms with Gasteiger partial charge in [-0.25, -0.2) is 4.79 Å². The van der Waals surface area contributed by atoms with Crippen LogP contribution in [0.15, 0.2) is 97.2 Å². The minimum absolute atomic E-state index is 0.0402. The highest BCUT2D eigenvalue weighted by Crippen LogP contribution is 2.26. The molecule has 0 radical (unpaired) electrons. The van der Waals surface area contributed by atoms with Crippen LogP contribution in [0, 0.1) is 0 Å². The number of ether oxygens (including phenoxy) is 1. The Morgan fingerprint density at radius 2 is 1.37 bits per heavy atom. The molecule has 0 aliphatic heterocycles. The van der Waals surface area contributed by atoms with Gasteiger partial charge in [0.15, 0.2) is 11.5 Å². The summed E-state index contributed by atoms with van der Waals surface area (Å²) in [7, 11) is 1.41. The van der Waals surface area contributed by atoms with Crippen molar-refractivity contribution in [3.05, 3.63) is 103 Å². The van der Waals surface area contributed by atoms with Gasteiger partial charge in [-0.3, -0.25) is 9.59 Å². The molecule has 1 aromatic rings. The number of amides is 2. The van der Waals surface area contributed by atoms with Crippen LogP contribution in [-0.4, -0.2) is 35.1 Å². The molecule has 0 bridgehead atoms. The van der Waals surface area contributed by atoms with E-state index in [4.69, 9.17) is 9.57 Å². The van der Waals surface area contributed by atoms with Gasteiger partial charge >= 0.3 is 5.97 Å². The zero-order chi connectivity index (χ0) is 31.5. The monoisotopic (exact) mass is 589 g/mol. The molecule has 0 saturated carbocycles. The Bertz CT molecular complexity index is 1190. The topological polar surface area (TPSA) is 93.1 Å². The number of carbonyl (C=O) groups excluding carboxylic acids is 3. The Labute approximate surface area is 257 Å². The van der Waals surface area contributed by atoms with E-state index in [0.29, 0.717) is 17.0 Å². The predicted octanol–water partition coefficient (Wildman–Crippen LogP) is 8.51. The van der Waals surface area contributed by atoms with Crippen molar-refractivity contribution in [1.29, 1.82) is 0 Å². The summed E-state index contributed by atoms with van der Waals surface area (Å²) in [5.74, 6) is -2.10.